The molecule has 130 valence electrons. The van der Waals surface area contributed by atoms with E-state index >= 15 is 0 Å². The Labute approximate surface area is 161 Å². The molecular weight excluding hydrogens is 400 g/mol. The third kappa shape index (κ3) is 2.78. The fraction of sp³-hybridized carbons (Fsp3) is 0. The highest BCUT2D eigenvalue weighted by molar-refractivity contribution is 6.36. The van der Waals surface area contributed by atoms with Gasteiger partial charge >= 0.3 is 0 Å². The summed E-state index contributed by atoms with van der Waals surface area (Å²) in [6.07, 6.45) is 1.49. The van der Waals surface area contributed by atoms with Crippen LogP contribution in [0.15, 0.2) is 53.5 Å². The molecule has 8 heteroatoms. The maximum absolute atomic E-state index is 14.3. The summed E-state index contributed by atoms with van der Waals surface area (Å²) in [6, 6.07) is 10.6. The van der Waals surface area contributed by atoms with Crippen molar-refractivity contribution in [1.29, 1.82) is 0 Å². The molecule has 0 bridgehead atoms. The number of aromatic nitrogens is 3. The number of benzene rings is 2. The fourth-order valence-electron chi connectivity index (χ4n) is 2.76. The van der Waals surface area contributed by atoms with Crippen molar-refractivity contribution in [3.8, 4) is 22.4 Å². The monoisotopic (exact) mass is 407 g/mol. The van der Waals surface area contributed by atoms with Crippen LogP contribution in [0.25, 0.3) is 28.0 Å². The van der Waals surface area contributed by atoms with Gasteiger partial charge in [0.15, 0.2) is 5.65 Å². The van der Waals surface area contributed by atoms with Crippen LogP contribution in [0.4, 0.5) is 4.39 Å². The Balaban J connectivity index is 2.01. The first-order chi connectivity index (χ1) is 12.5. The molecule has 26 heavy (non-hydrogen) atoms. The summed E-state index contributed by atoms with van der Waals surface area (Å²) in [7, 11) is 0. The molecule has 2 aromatic carbocycles. The van der Waals surface area contributed by atoms with E-state index in [0.717, 1.165) is 0 Å². The molecule has 4 nitrogen and oxygen atoms in total. The molecule has 4 rings (SSSR count). The lowest BCUT2D eigenvalue weighted by molar-refractivity contribution is 0.631. The maximum Gasteiger partial charge on any atom is 0.273 e. The van der Waals surface area contributed by atoms with Crippen LogP contribution in [0.3, 0.4) is 0 Å². The molecule has 0 amide bonds. The van der Waals surface area contributed by atoms with Gasteiger partial charge in [-0.1, -0.05) is 40.9 Å². The summed E-state index contributed by atoms with van der Waals surface area (Å²) in [5.74, 6) is -0.511. The molecule has 0 fully saturated rings. The third-order valence-electron chi connectivity index (χ3n) is 3.94. The van der Waals surface area contributed by atoms with Gasteiger partial charge in [0.05, 0.1) is 15.7 Å². The van der Waals surface area contributed by atoms with Crippen LogP contribution in [-0.2, 0) is 0 Å². The average molecular weight is 409 g/mol. The van der Waals surface area contributed by atoms with Crippen molar-refractivity contribution >= 4 is 40.4 Å². The Hall–Kier alpha value is -2.34. The molecule has 0 saturated carbocycles. The van der Waals surface area contributed by atoms with E-state index in [1.807, 2.05) is 0 Å². The largest absolute Gasteiger partial charge is 0.296 e. The SMILES string of the molecule is O=c1cc(-c2ccc(Cl)cc2Cl)nc2c(-c3c(F)cccc3Cl)c[nH]n12. The van der Waals surface area contributed by atoms with E-state index in [9.17, 15) is 9.18 Å². The Kier molecular flexibility index (Phi) is 4.23. The second kappa shape index (κ2) is 6.43. The minimum absolute atomic E-state index is 0.166. The number of hydrogen-bond donors (Lipinski definition) is 1. The maximum atomic E-state index is 14.3. The van der Waals surface area contributed by atoms with E-state index in [1.165, 1.54) is 28.9 Å². The summed E-state index contributed by atoms with van der Waals surface area (Å²) >= 11 is 18.3. The summed E-state index contributed by atoms with van der Waals surface area (Å²) in [4.78, 5) is 17.0. The molecule has 0 aliphatic carbocycles. The number of halogens is 4. The average Bonchev–Trinajstić information content (AvgIpc) is 2.99. The van der Waals surface area contributed by atoms with Crippen molar-refractivity contribution in [3.63, 3.8) is 0 Å². The van der Waals surface area contributed by atoms with Crippen molar-refractivity contribution < 1.29 is 4.39 Å². The normalized spacial score (nSPS) is 11.2. The Bertz CT molecular complexity index is 1200. The van der Waals surface area contributed by atoms with Crippen LogP contribution in [0.5, 0.6) is 0 Å². The standard InChI is InChI=1S/C18H9Cl3FN3O/c19-9-4-5-10(13(21)6-9)15-7-16(26)25-18(24-15)11(8-23-25)17-12(20)2-1-3-14(17)22/h1-8,23H. The van der Waals surface area contributed by atoms with Gasteiger partial charge in [0.2, 0.25) is 0 Å². The van der Waals surface area contributed by atoms with Crippen molar-refractivity contribution in [2.75, 3.05) is 0 Å². The first kappa shape index (κ1) is 17.1. The van der Waals surface area contributed by atoms with Crippen LogP contribution < -0.4 is 5.56 Å². The highest BCUT2D eigenvalue weighted by atomic mass is 35.5. The Morgan fingerprint density at radius 3 is 2.54 bits per heavy atom. The smallest absolute Gasteiger partial charge is 0.273 e. The van der Waals surface area contributed by atoms with Crippen molar-refractivity contribution in [2.24, 2.45) is 0 Å². The third-order valence-corrected chi connectivity index (χ3v) is 4.80. The molecule has 2 heterocycles. The van der Waals surface area contributed by atoms with E-state index < -0.39 is 5.82 Å². The van der Waals surface area contributed by atoms with Gasteiger partial charge in [0, 0.05) is 34.0 Å². The van der Waals surface area contributed by atoms with Gasteiger partial charge in [-0.25, -0.2) is 13.9 Å². The van der Waals surface area contributed by atoms with Gasteiger partial charge in [-0.15, -0.1) is 0 Å². The zero-order valence-corrected chi connectivity index (χ0v) is 15.2. The van der Waals surface area contributed by atoms with Crippen LogP contribution in [0.1, 0.15) is 0 Å². The molecule has 0 aliphatic heterocycles. The first-order valence-electron chi connectivity index (χ1n) is 7.46. The van der Waals surface area contributed by atoms with Gasteiger partial charge in [-0.05, 0) is 30.3 Å². The molecule has 0 radical (unpaired) electrons. The van der Waals surface area contributed by atoms with Crippen LogP contribution in [-0.4, -0.2) is 14.6 Å². The number of H-pyrrole nitrogens is 1. The lowest BCUT2D eigenvalue weighted by atomic mass is 10.1. The van der Waals surface area contributed by atoms with Gasteiger partial charge in [-0.2, -0.15) is 0 Å². The Morgan fingerprint density at radius 1 is 1.00 bits per heavy atom. The zero-order chi connectivity index (χ0) is 18.4. The van der Waals surface area contributed by atoms with Crippen molar-refractivity contribution in [3.05, 3.63) is 79.9 Å². The fourth-order valence-corrected chi connectivity index (χ4v) is 3.53. The summed E-state index contributed by atoms with van der Waals surface area (Å²) in [6.45, 7) is 0. The van der Waals surface area contributed by atoms with Gasteiger partial charge in [0.25, 0.3) is 5.56 Å². The Morgan fingerprint density at radius 2 is 1.81 bits per heavy atom. The summed E-state index contributed by atoms with van der Waals surface area (Å²) in [5, 5.41) is 3.82. The van der Waals surface area contributed by atoms with Crippen LogP contribution >= 0.6 is 34.8 Å². The summed E-state index contributed by atoms with van der Waals surface area (Å²) < 4.78 is 15.5. The predicted molar refractivity (Wildman–Crippen MR) is 102 cm³/mol. The lowest BCUT2D eigenvalue weighted by Crippen LogP contribution is -2.14. The molecular formula is C18H9Cl3FN3O. The van der Waals surface area contributed by atoms with Crippen LogP contribution in [0, 0.1) is 5.82 Å². The number of rotatable bonds is 2. The number of nitrogens with one attached hydrogen (secondary N) is 1. The molecule has 0 atom stereocenters. The molecule has 0 spiro atoms. The minimum atomic E-state index is -0.511. The highest BCUT2D eigenvalue weighted by Crippen LogP contribution is 2.34. The lowest BCUT2D eigenvalue weighted by Gasteiger charge is -2.07. The number of hydrogen-bond acceptors (Lipinski definition) is 2. The van der Waals surface area contributed by atoms with Gasteiger partial charge < -0.3 is 0 Å². The number of nitrogens with zero attached hydrogens (tertiary/aromatic N) is 2. The van der Waals surface area contributed by atoms with E-state index in [0.29, 0.717) is 26.9 Å². The molecule has 0 saturated heterocycles. The second-order valence-corrected chi connectivity index (χ2v) is 6.80. The number of fused-ring (bicyclic) bond motifs is 1. The van der Waals surface area contributed by atoms with Crippen molar-refractivity contribution in [1.82, 2.24) is 14.6 Å². The van der Waals surface area contributed by atoms with Crippen LogP contribution in [0.2, 0.25) is 15.1 Å². The van der Waals surface area contributed by atoms with E-state index in [-0.39, 0.29) is 21.8 Å². The van der Waals surface area contributed by atoms with Gasteiger partial charge in [0.1, 0.15) is 5.82 Å². The molecule has 0 aliphatic rings. The highest BCUT2D eigenvalue weighted by Gasteiger charge is 2.18. The van der Waals surface area contributed by atoms with Crippen molar-refractivity contribution in [2.45, 2.75) is 0 Å². The molecule has 1 N–H and O–H groups in total. The van der Waals surface area contributed by atoms with Gasteiger partial charge in [-0.3, -0.25) is 9.89 Å². The number of aromatic amines is 1. The molecule has 2 aromatic heterocycles. The summed E-state index contributed by atoms with van der Waals surface area (Å²) in [5.41, 5.74) is 1.31. The zero-order valence-electron chi connectivity index (χ0n) is 12.9. The molecule has 4 aromatic rings. The molecule has 0 unspecified atom stereocenters. The van der Waals surface area contributed by atoms with E-state index in [2.05, 4.69) is 10.1 Å². The second-order valence-electron chi connectivity index (χ2n) is 5.55. The quantitative estimate of drug-likeness (QED) is 0.479. The topological polar surface area (TPSA) is 50.2 Å². The predicted octanol–water partition coefficient (Wildman–Crippen LogP) is 5.46. The van der Waals surface area contributed by atoms with E-state index in [1.54, 1.807) is 24.3 Å². The first-order valence-corrected chi connectivity index (χ1v) is 8.60. The minimum Gasteiger partial charge on any atom is -0.296 e. The van der Waals surface area contributed by atoms with E-state index in [4.69, 9.17) is 34.8 Å².